The highest BCUT2D eigenvalue weighted by molar-refractivity contribution is 5.26. The fourth-order valence-corrected chi connectivity index (χ4v) is 1.96. The van der Waals surface area contributed by atoms with E-state index in [1.165, 1.54) is 5.56 Å². The minimum Gasteiger partial charge on any atom is -0.380 e. The Morgan fingerprint density at radius 3 is 2.54 bits per heavy atom. The van der Waals surface area contributed by atoms with Gasteiger partial charge in [0.1, 0.15) is 0 Å². The highest BCUT2D eigenvalue weighted by Crippen LogP contribution is 2.36. The van der Waals surface area contributed by atoms with Crippen LogP contribution in [0.15, 0.2) is 30.3 Å². The molecule has 1 nitrogen and oxygen atoms in total. The summed E-state index contributed by atoms with van der Waals surface area (Å²) in [6, 6.07) is 10.7. The lowest BCUT2D eigenvalue weighted by molar-refractivity contribution is 0.178. The van der Waals surface area contributed by atoms with E-state index in [4.69, 9.17) is 4.74 Å². The van der Waals surface area contributed by atoms with Gasteiger partial charge in [0.15, 0.2) is 0 Å². The summed E-state index contributed by atoms with van der Waals surface area (Å²) in [5.74, 6) is 0.620. The topological polar surface area (TPSA) is 9.23 Å². The van der Waals surface area contributed by atoms with Crippen molar-refractivity contribution in [3.63, 3.8) is 0 Å². The third kappa shape index (κ3) is 1.37. The summed E-state index contributed by atoms with van der Waals surface area (Å²) in [6.45, 7) is 6.31. The van der Waals surface area contributed by atoms with Crippen LogP contribution in [0.5, 0.6) is 0 Å². The van der Waals surface area contributed by atoms with E-state index in [2.05, 4.69) is 44.2 Å². The van der Waals surface area contributed by atoms with Gasteiger partial charge in [-0.25, -0.2) is 0 Å². The fourth-order valence-electron chi connectivity index (χ4n) is 1.96. The standard InChI is InChI=1S/C12H16O/c1-10-8-13-9-12(10,2)11-6-4-3-5-7-11/h3-7,10H,8-9H2,1-2H3. The monoisotopic (exact) mass is 176 g/mol. The maximum atomic E-state index is 5.53. The molecule has 1 heteroatoms. The summed E-state index contributed by atoms with van der Waals surface area (Å²) < 4.78 is 5.53. The summed E-state index contributed by atoms with van der Waals surface area (Å²) in [6.07, 6.45) is 0. The van der Waals surface area contributed by atoms with Gasteiger partial charge >= 0.3 is 0 Å². The molecule has 2 atom stereocenters. The van der Waals surface area contributed by atoms with Gasteiger partial charge in [-0.2, -0.15) is 0 Å². The van der Waals surface area contributed by atoms with Crippen molar-refractivity contribution in [2.45, 2.75) is 19.3 Å². The molecule has 0 saturated carbocycles. The van der Waals surface area contributed by atoms with Gasteiger partial charge < -0.3 is 4.74 Å². The zero-order chi connectivity index (χ0) is 9.31. The van der Waals surface area contributed by atoms with Crippen LogP contribution < -0.4 is 0 Å². The van der Waals surface area contributed by atoms with E-state index >= 15 is 0 Å². The fraction of sp³-hybridized carbons (Fsp3) is 0.500. The molecule has 1 aliphatic rings. The van der Waals surface area contributed by atoms with Gasteiger partial charge in [0, 0.05) is 5.41 Å². The maximum Gasteiger partial charge on any atom is 0.0563 e. The molecule has 2 unspecified atom stereocenters. The molecule has 70 valence electrons. The van der Waals surface area contributed by atoms with Crippen molar-refractivity contribution in [3.8, 4) is 0 Å². The van der Waals surface area contributed by atoms with E-state index in [0.29, 0.717) is 5.92 Å². The zero-order valence-corrected chi connectivity index (χ0v) is 8.29. The molecule has 13 heavy (non-hydrogen) atoms. The van der Waals surface area contributed by atoms with E-state index in [9.17, 15) is 0 Å². The quantitative estimate of drug-likeness (QED) is 0.639. The largest absolute Gasteiger partial charge is 0.380 e. The Bertz CT molecular complexity index is 280. The molecule has 0 bridgehead atoms. The predicted octanol–water partition coefficient (Wildman–Crippen LogP) is 2.61. The van der Waals surface area contributed by atoms with Crippen molar-refractivity contribution in [2.24, 2.45) is 5.92 Å². The second-order valence-electron chi connectivity index (χ2n) is 4.20. The van der Waals surface area contributed by atoms with Crippen LogP contribution >= 0.6 is 0 Å². The number of benzene rings is 1. The van der Waals surface area contributed by atoms with Gasteiger partial charge in [-0.1, -0.05) is 44.2 Å². The summed E-state index contributed by atoms with van der Waals surface area (Å²) in [5, 5.41) is 0. The first-order valence-electron chi connectivity index (χ1n) is 4.87. The van der Waals surface area contributed by atoms with Gasteiger partial charge in [0.25, 0.3) is 0 Å². The molecule has 1 saturated heterocycles. The Kier molecular flexibility index (Phi) is 2.12. The molecular weight excluding hydrogens is 160 g/mol. The molecule has 0 radical (unpaired) electrons. The average molecular weight is 176 g/mol. The van der Waals surface area contributed by atoms with Crippen LogP contribution in [-0.4, -0.2) is 13.2 Å². The normalized spacial score (nSPS) is 33.5. The second kappa shape index (κ2) is 3.15. The van der Waals surface area contributed by atoms with Crippen LogP contribution in [0.1, 0.15) is 19.4 Å². The van der Waals surface area contributed by atoms with Crippen molar-refractivity contribution in [2.75, 3.05) is 13.2 Å². The number of hydrogen-bond acceptors (Lipinski definition) is 1. The first-order valence-corrected chi connectivity index (χ1v) is 4.87. The number of ether oxygens (including phenoxy) is 1. The highest BCUT2D eigenvalue weighted by Gasteiger charge is 2.38. The Balaban J connectivity index is 2.34. The van der Waals surface area contributed by atoms with Crippen LogP contribution in [-0.2, 0) is 10.2 Å². The molecule has 0 amide bonds. The van der Waals surface area contributed by atoms with Gasteiger partial charge in [0.05, 0.1) is 13.2 Å². The molecule has 0 aliphatic carbocycles. The van der Waals surface area contributed by atoms with E-state index in [1.54, 1.807) is 0 Å². The molecule has 0 aromatic heterocycles. The lowest BCUT2D eigenvalue weighted by Gasteiger charge is -2.27. The Labute approximate surface area is 79.7 Å². The van der Waals surface area contributed by atoms with Crippen LogP contribution in [0.25, 0.3) is 0 Å². The highest BCUT2D eigenvalue weighted by atomic mass is 16.5. The Morgan fingerprint density at radius 1 is 1.31 bits per heavy atom. The molecule has 1 heterocycles. The predicted molar refractivity (Wildman–Crippen MR) is 53.8 cm³/mol. The number of rotatable bonds is 1. The van der Waals surface area contributed by atoms with Crippen molar-refractivity contribution in [1.82, 2.24) is 0 Å². The zero-order valence-electron chi connectivity index (χ0n) is 8.29. The lowest BCUT2D eigenvalue weighted by Crippen LogP contribution is -2.28. The van der Waals surface area contributed by atoms with Gasteiger partial charge in [-0.15, -0.1) is 0 Å². The van der Waals surface area contributed by atoms with Crippen molar-refractivity contribution >= 4 is 0 Å². The van der Waals surface area contributed by atoms with Crippen LogP contribution in [0, 0.1) is 5.92 Å². The van der Waals surface area contributed by atoms with E-state index in [1.807, 2.05) is 0 Å². The molecule has 0 N–H and O–H groups in total. The molecule has 2 rings (SSSR count). The van der Waals surface area contributed by atoms with Crippen LogP contribution in [0.4, 0.5) is 0 Å². The van der Waals surface area contributed by atoms with Crippen LogP contribution in [0.3, 0.4) is 0 Å². The summed E-state index contributed by atoms with van der Waals surface area (Å²) in [4.78, 5) is 0. The summed E-state index contributed by atoms with van der Waals surface area (Å²) in [7, 11) is 0. The average Bonchev–Trinajstić information content (AvgIpc) is 2.50. The Morgan fingerprint density at radius 2 is 2.00 bits per heavy atom. The molecular formula is C12H16O. The van der Waals surface area contributed by atoms with Crippen molar-refractivity contribution in [3.05, 3.63) is 35.9 Å². The SMILES string of the molecule is CC1COCC1(C)c1ccccc1. The van der Waals surface area contributed by atoms with Gasteiger partial charge in [0.2, 0.25) is 0 Å². The lowest BCUT2D eigenvalue weighted by atomic mass is 9.75. The molecule has 1 fully saturated rings. The first kappa shape index (κ1) is 8.76. The van der Waals surface area contributed by atoms with E-state index in [0.717, 1.165) is 13.2 Å². The summed E-state index contributed by atoms with van der Waals surface area (Å²) >= 11 is 0. The van der Waals surface area contributed by atoms with Crippen molar-refractivity contribution < 1.29 is 4.74 Å². The number of hydrogen-bond donors (Lipinski definition) is 0. The van der Waals surface area contributed by atoms with Gasteiger partial charge in [-0.3, -0.25) is 0 Å². The first-order chi connectivity index (χ1) is 6.23. The molecule has 0 spiro atoms. The summed E-state index contributed by atoms with van der Waals surface area (Å²) in [5.41, 5.74) is 1.63. The third-order valence-electron chi connectivity index (χ3n) is 3.29. The van der Waals surface area contributed by atoms with E-state index < -0.39 is 0 Å². The van der Waals surface area contributed by atoms with Crippen molar-refractivity contribution in [1.29, 1.82) is 0 Å². The molecule has 1 aromatic rings. The smallest absolute Gasteiger partial charge is 0.0563 e. The third-order valence-corrected chi connectivity index (χ3v) is 3.29. The van der Waals surface area contributed by atoms with E-state index in [-0.39, 0.29) is 5.41 Å². The van der Waals surface area contributed by atoms with Gasteiger partial charge in [-0.05, 0) is 11.5 Å². The maximum absolute atomic E-state index is 5.53. The second-order valence-corrected chi connectivity index (χ2v) is 4.20. The molecule has 1 aliphatic heterocycles. The minimum atomic E-state index is 0.223. The van der Waals surface area contributed by atoms with Crippen LogP contribution in [0.2, 0.25) is 0 Å². The minimum absolute atomic E-state index is 0.223. The Hall–Kier alpha value is -0.820. The molecule has 1 aromatic carbocycles.